The lowest BCUT2D eigenvalue weighted by molar-refractivity contribution is -0.134. The van der Waals surface area contributed by atoms with E-state index in [1.165, 1.54) is 30.3 Å². The highest BCUT2D eigenvalue weighted by Gasteiger charge is 2.66. The van der Waals surface area contributed by atoms with E-state index in [1.54, 1.807) is 6.07 Å². The van der Waals surface area contributed by atoms with Crippen LogP contribution >= 0.6 is 0 Å². The highest BCUT2D eigenvalue weighted by atomic mass is 16.4. The molecule has 53 heavy (non-hydrogen) atoms. The maximum atomic E-state index is 15.3. The number of ketones is 2. The molecular formula is C45H33NO7. The first-order chi connectivity index (χ1) is 25.7. The number of carboxylic acid groups (broad SMARTS) is 1. The van der Waals surface area contributed by atoms with Crippen LogP contribution in [0.1, 0.15) is 45.8 Å². The molecule has 260 valence electrons. The second-order valence-corrected chi connectivity index (χ2v) is 14.4. The molecule has 0 bridgehead atoms. The molecular weight excluding hydrogens is 666 g/mol. The van der Waals surface area contributed by atoms with Crippen LogP contribution in [0.5, 0.6) is 5.75 Å². The van der Waals surface area contributed by atoms with Crippen LogP contribution in [0.4, 0.5) is 5.69 Å². The summed E-state index contributed by atoms with van der Waals surface area (Å²) >= 11 is 0. The van der Waals surface area contributed by atoms with E-state index in [9.17, 15) is 24.6 Å². The van der Waals surface area contributed by atoms with E-state index < -0.39 is 46.9 Å². The van der Waals surface area contributed by atoms with Gasteiger partial charge in [0.15, 0.2) is 11.6 Å². The minimum Gasteiger partial charge on any atom is -0.507 e. The Labute approximate surface area is 304 Å². The molecule has 1 saturated carbocycles. The van der Waals surface area contributed by atoms with Crippen molar-refractivity contribution >= 4 is 51.4 Å². The lowest BCUT2D eigenvalue weighted by Crippen LogP contribution is -2.58. The minimum absolute atomic E-state index is 0.0328. The number of nitrogens with zero attached hydrogens (tertiary/aromatic N) is 1. The monoisotopic (exact) mass is 699 g/mol. The zero-order chi connectivity index (χ0) is 36.6. The predicted octanol–water partition coefficient (Wildman–Crippen LogP) is 7.27. The van der Waals surface area contributed by atoms with Gasteiger partial charge in [-0.25, -0.2) is 4.79 Å². The summed E-state index contributed by atoms with van der Waals surface area (Å²) in [6.45, 7) is 0. The first kappa shape index (κ1) is 32.5. The van der Waals surface area contributed by atoms with Crippen LogP contribution in [0.15, 0.2) is 139 Å². The summed E-state index contributed by atoms with van der Waals surface area (Å²) in [5.41, 5.74) is 2.12. The number of hydrogen-bond donors (Lipinski definition) is 2. The van der Waals surface area contributed by atoms with Gasteiger partial charge in [-0.3, -0.25) is 24.1 Å². The fourth-order valence-corrected chi connectivity index (χ4v) is 9.78. The van der Waals surface area contributed by atoms with Gasteiger partial charge in [0, 0.05) is 22.8 Å². The highest BCUT2D eigenvalue weighted by Crippen LogP contribution is 2.64. The summed E-state index contributed by atoms with van der Waals surface area (Å²) in [6, 6.07) is 35.1. The minimum atomic E-state index is -1.40. The van der Waals surface area contributed by atoms with Crippen molar-refractivity contribution in [1.82, 2.24) is 0 Å². The molecule has 0 unspecified atom stereocenters. The van der Waals surface area contributed by atoms with Crippen molar-refractivity contribution in [2.24, 2.45) is 23.7 Å². The Morgan fingerprint density at radius 1 is 0.717 bits per heavy atom. The van der Waals surface area contributed by atoms with E-state index in [2.05, 4.69) is 0 Å². The second kappa shape index (κ2) is 12.1. The summed E-state index contributed by atoms with van der Waals surface area (Å²) < 4.78 is 0. The summed E-state index contributed by atoms with van der Waals surface area (Å²) in [5.74, 6) is -5.94. The van der Waals surface area contributed by atoms with Gasteiger partial charge in [0.25, 0.3) is 0 Å². The van der Waals surface area contributed by atoms with Gasteiger partial charge in [0.1, 0.15) is 5.75 Å². The molecule has 1 aliphatic heterocycles. The van der Waals surface area contributed by atoms with Crippen molar-refractivity contribution in [1.29, 1.82) is 0 Å². The number of amides is 2. The number of Topliss-reactive ketones (excluding diaryl/α,β-unsaturated/α-hetero) is 1. The van der Waals surface area contributed by atoms with Crippen LogP contribution in [0, 0.1) is 23.7 Å². The number of carboxylic acids is 1. The molecule has 3 aliphatic carbocycles. The van der Waals surface area contributed by atoms with E-state index in [-0.39, 0.29) is 47.3 Å². The quantitative estimate of drug-likeness (QED) is 0.146. The number of fused-ring (bicyclic) bond motifs is 5. The van der Waals surface area contributed by atoms with Gasteiger partial charge >= 0.3 is 5.97 Å². The number of phenols is 1. The van der Waals surface area contributed by atoms with E-state index in [0.717, 1.165) is 21.4 Å². The molecule has 5 aromatic carbocycles. The summed E-state index contributed by atoms with van der Waals surface area (Å²) in [7, 11) is 0. The number of hydrogen-bond acceptors (Lipinski definition) is 6. The standard InChI is InChI=1S/C45H33NO7/c47-37-22-21-31(29-13-7-8-14-30(29)37)40-32-19-20-33-39(43(51)46(42(33)50)28-17-15-26(16-18-28)44(52)53)35(32)23-36-41(49)34(25-9-3-1-4-10-25)24-38(48)45(36,40)27-11-5-2-6-12-27/h1-19,21-22,24,33,35-36,39-40,47H,20,23H2,(H,52,53)/t33-,35+,36-,39-,40-,45-/m0/s1. The fraction of sp³-hybridized carbons (Fsp3) is 0.178. The molecule has 2 amide bonds. The van der Waals surface area contributed by atoms with Crippen LogP contribution in [0.25, 0.3) is 16.3 Å². The lowest BCUT2D eigenvalue weighted by Gasteiger charge is -2.55. The van der Waals surface area contributed by atoms with Gasteiger partial charge < -0.3 is 10.2 Å². The molecule has 5 aromatic rings. The topological polar surface area (TPSA) is 129 Å². The summed E-state index contributed by atoms with van der Waals surface area (Å²) in [6.07, 6.45) is 3.92. The SMILES string of the molecule is O=C(O)c1ccc(N2C(=O)[C@H]3[C@H](CC=C4[C@H]3C[C@H]3C(=O)C(c5ccccc5)=CC(=O)[C@@]3(c3ccccc3)[C@H]4c3ccc(O)c4ccccc34)C2=O)cc1. The fourth-order valence-electron chi connectivity index (χ4n) is 9.78. The molecule has 9 rings (SSSR count). The average molecular weight is 700 g/mol. The number of rotatable bonds is 5. The van der Waals surface area contributed by atoms with Gasteiger partial charge in [-0.15, -0.1) is 0 Å². The van der Waals surface area contributed by atoms with Crippen molar-refractivity contribution in [3.05, 3.63) is 161 Å². The Kier molecular flexibility index (Phi) is 7.41. The van der Waals surface area contributed by atoms with Crippen molar-refractivity contribution in [2.75, 3.05) is 4.90 Å². The first-order valence-corrected chi connectivity index (χ1v) is 17.7. The molecule has 6 atom stereocenters. The predicted molar refractivity (Wildman–Crippen MR) is 198 cm³/mol. The Morgan fingerprint density at radius 2 is 1.38 bits per heavy atom. The van der Waals surface area contributed by atoms with Crippen molar-refractivity contribution < 1.29 is 34.2 Å². The van der Waals surface area contributed by atoms with Crippen LogP contribution < -0.4 is 4.90 Å². The summed E-state index contributed by atoms with van der Waals surface area (Å²) in [5, 5.41) is 21.8. The molecule has 8 nitrogen and oxygen atoms in total. The van der Waals surface area contributed by atoms with Gasteiger partial charge in [-0.1, -0.05) is 103 Å². The van der Waals surface area contributed by atoms with Crippen LogP contribution in [-0.4, -0.2) is 39.6 Å². The van der Waals surface area contributed by atoms with E-state index in [0.29, 0.717) is 22.1 Å². The number of aromatic carboxylic acids is 1. The number of anilines is 1. The Bertz CT molecular complexity index is 2450. The zero-order valence-electron chi connectivity index (χ0n) is 28.4. The lowest BCUT2D eigenvalue weighted by atomic mass is 9.44. The third-order valence-electron chi connectivity index (χ3n) is 12.0. The molecule has 8 heteroatoms. The zero-order valence-corrected chi connectivity index (χ0v) is 28.4. The third-order valence-corrected chi connectivity index (χ3v) is 12.0. The van der Waals surface area contributed by atoms with Gasteiger partial charge in [-0.2, -0.15) is 0 Å². The second-order valence-electron chi connectivity index (χ2n) is 14.4. The van der Waals surface area contributed by atoms with Gasteiger partial charge in [0.2, 0.25) is 11.8 Å². The van der Waals surface area contributed by atoms with E-state index >= 15 is 9.59 Å². The number of allylic oxidation sites excluding steroid dienone is 4. The number of carbonyl (C=O) groups is 5. The Balaban J connectivity index is 1.28. The third kappa shape index (κ3) is 4.64. The molecule has 0 spiro atoms. The number of imide groups is 1. The highest BCUT2D eigenvalue weighted by molar-refractivity contribution is 6.32. The molecule has 0 radical (unpaired) electrons. The molecule has 1 heterocycles. The van der Waals surface area contributed by atoms with Gasteiger partial charge in [0.05, 0.1) is 28.5 Å². The van der Waals surface area contributed by atoms with Gasteiger partial charge in [-0.05, 0) is 77.2 Å². The molecule has 2 N–H and O–H groups in total. The maximum absolute atomic E-state index is 15.3. The largest absolute Gasteiger partial charge is 0.507 e. The summed E-state index contributed by atoms with van der Waals surface area (Å²) in [4.78, 5) is 72.0. The maximum Gasteiger partial charge on any atom is 0.335 e. The van der Waals surface area contributed by atoms with Crippen LogP contribution in [-0.2, 0) is 24.6 Å². The normalized spacial score (nSPS) is 26.4. The van der Waals surface area contributed by atoms with E-state index in [1.807, 2.05) is 97.1 Å². The average Bonchev–Trinajstić information content (AvgIpc) is 3.45. The number of benzene rings is 5. The smallest absolute Gasteiger partial charge is 0.335 e. The van der Waals surface area contributed by atoms with Crippen molar-refractivity contribution in [2.45, 2.75) is 24.2 Å². The van der Waals surface area contributed by atoms with Crippen LogP contribution in [0.3, 0.4) is 0 Å². The number of phenolic OH excluding ortho intramolecular Hbond substituents is 1. The Morgan fingerprint density at radius 3 is 2.08 bits per heavy atom. The molecule has 4 aliphatic rings. The van der Waals surface area contributed by atoms with E-state index in [4.69, 9.17) is 0 Å². The molecule has 1 saturated heterocycles. The number of carbonyl (C=O) groups excluding carboxylic acids is 4. The Hall–Kier alpha value is -6.41. The number of aromatic hydroxyl groups is 1. The van der Waals surface area contributed by atoms with Crippen LogP contribution in [0.2, 0.25) is 0 Å². The van der Waals surface area contributed by atoms with Crippen molar-refractivity contribution in [3.8, 4) is 5.75 Å². The van der Waals surface area contributed by atoms with Crippen molar-refractivity contribution in [3.63, 3.8) is 0 Å². The molecule has 0 aromatic heterocycles. The first-order valence-electron chi connectivity index (χ1n) is 17.7. The molecule has 2 fully saturated rings.